The summed E-state index contributed by atoms with van der Waals surface area (Å²) in [6.45, 7) is 6.59. The minimum absolute atomic E-state index is 0.188. The molecule has 0 fully saturated rings. The number of rotatable bonds is 7. The van der Waals surface area contributed by atoms with Crippen LogP contribution in [0.3, 0.4) is 0 Å². The van der Waals surface area contributed by atoms with Crippen LogP contribution in [0, 0.1) is 6.92 Å². The Morgan fingerprint density at radius 1 is 1.04 bits per heavy atom. The fourth-order valence-electron chi connectivity index (χ4n) is 2.73. The molecular weight excluding hydrogens is 348 g/mol. The van der Waals surface area contributed by atoms with Gasteiger partial charge in [-0.1, -0.05) is 55.8 Å². The van der Waals surface area contributed by atoms with Crippen LogP contribution in [0.25, 0.3) is 0 Å². The number of anilines is 1. The number of aryl methyl sites for hydroxylation is 1. The average molecular weight is 373 g/mol. The van der Waals surface area contributed by atoms with Gasteiger partial charge in [-0.15, -0.1) is 0 Å². The van der Waals surface area contributed by atoms with E-state index in [0.717, 1.165) is 22.4 Å². The lowest BCUT2D eigenvalue weighted by Crippen LogP contribution is -2.30. The maximum atomic E-state index is 12.2. The van der Waals surface area contributed by atoms with Crippen molar-refractivity contribution in [1.82, 2.24) is 5.32 Å². The van der Waals surface area contributed by atoms with E-state index >= 15 is 0 Å². The minimum Gasteiger partial charge on any atom is -0.355 e. The van der Waals surface area contributed by atoms with Crippen LogP contribution in [0.15, 0.2) is 42.5 Å². The highest BCUT2D eigenvalue weighted by Gasteiger charge is 2.14. The smallest absolute Gasteiger partial charge is 0.233 e. The molecule has 138 valence electrons. The van der Waals surface area contributed by atoms with Gasteiger partial charge in [0.1, 0.15) is 6.42 Å². The molecule has 2 N–H and O–H groups in total. The van der Waals surface area contributed by atoms with Crippen LogP contribution in [0.2, 0.25) is 5.02 Å². The Balaban J connectivity index is 1.84. The summed E-state index contributed by atoms with van der Waals surface area (Å²) in [6, 6.07) is 13.4. The second-order valence-corrected chi connectivity index (χ2v) is 7.08. The van der Waals surface area contributed by atoms with Gasteiger partial charge in [-0.3, -0.25) is 9.59 Å². The fraction of sp³-hybridized carbons (Fsp3) is 0.333. The van der Waals surface area contributed by atoms with Crippen LogP contribution in [0.4, 0.5) is 5.69 Å². The van der Waals surface area contributed by atoms with Crippen molar-refractivity contribution in [2.45, 2.75) is 39.5 Å². The van der Waals surface area contributed by atoms with E-state index in [-0.39, 0.29) is 18.2 Å². The number of benzene rings is 2. The summed E-state index contributed by atoms with van der Waals surface area (Å²) in [6.07, 6.45) is 0.506. The number of nitrogens with one attached hydrogen (secondary N) is 2. The van der Waals surface area contributed by atoms with Crippen LogP contribution in [0.1, 0.15) is 42.9 Å². The Bertz CT molecular complexity index is 770. The van der Waals surface area contributed by atoms with Crippen molar-refractivity contribution in [3.8, 4) is 0 Å². The first kappa shape index (κ1) is 20.0. The standard InChI is InChI=1S/C21H25ClN2O2/c1-14(2)18-6-4-5-15(3)21(18)24-20(26)13-19(25)23-12-11-16-7-9-17(22)10-8-16/h4-10,14H,11-13H2,1-3H3,(H,23,25)(H,24,26). The molecule has 5 heteroatoms. The molecule has 0 aromatic heterocycles. The van der Waals surface area contributed by atoms with Gasteiger partial charge in [0.15, 0.2) is 0 Å². The maximum Gasteiger partial charge on any atom is 0.233 e. The number of hydrogen-bond donors (Lipinski definition) is 2. The van der Waals surface area contributed by atoms with E-state index in [4.69, 9.17) is 11.6 Å². The predicted octanol–water partition coefficient (Wildman–Crippen LogP) is 4.46. The third-order valence-corrected chi connectivity index (χ3v) is 4.41. The summed E-state index contributed by atoms with van der Waals surface area (Å²) in [5, 5.41) is 6.36. The number of carbonyl (C=O) groups is 2. The Labute approximate surface area is 159 Å². The van der Waals surface area contributed by atoms with Crippen LogP contribution in [-0.2, 0) is 16.0 Å². The number of halogens is 1. The van der Waals surface area contributed by atoms with Gasteiger partial charge < -0.3 is 10.6 Å². The van der Waals surface area contributed by atoms with Gasteiger partial charge >= 0.3 is 0 Å². The van der Waals surface area contributed by atoms with Gasteiger partial charge in [0, 0.05) is 17.3 Å². The molecule has 2 aromatic carbocycles. The zero-order chi connectivity index (χ0) is 19.1. The van der Waals surface area contributed by atoms with Crippen molar-refractivity contribution in [3.05, 3.63) is 64.2 Å². The zero-order valence-corrected chi connectivity index (χ0v) is 16.2. The molecule has 0 bridgehead atoms. The Hall–Kier alpha value is -2.33. The van der Waals surface area contributed by atoms with Crippen LogP contribution < -0.4 is 10.6 Å². The molecule has 0 radical (unpaired) electrons. The minimum atomic E-state index is -0.301. The summed E-state index contributed by atoms with van der Waals surface area (Å²) >= 11 is 5.85. The second-order valence-electron chi connectivity index (χ2n) is 6.65. The molecule has 0 saturated heterocycles. The van der Waals surface area contributed by atoms with Crippen molar-refractivity contribution in [3.63, 3.8) is 0 Å². The summed E-state index contributed by atoms with van der Waals surface area (Å²) < 4.78 is 0. The molecule has 0 aliphatic rings. The van der Waals surface area contributed by atoms with Crippen LogP contribution >= 0.6 is 11.6 Å². The Morgan fingerprint density at radius 2 is 1.73 bits per heavy atom. The Morgan fingerprint density at radius 3 is 2.38 bits per heavy atom. The molecule has 2 aromatic rings. The molecule has 0 heterocycles. The van der Waals surface area contributed by atoms with E-state index in [1.807, 2.05) is 49.4 Å². The number of para-hydroxylation sites is 1. The van der Waals surface area contributed by atoms with Crippen LogP contribution in [-0.4, -0.2) is 18.4 Å². The molecule has 0 aliphatic carbocycles. The van der Waals surface area contributed by atoms with Crippen molar-refractivity contribution >= 4 is 29.1 Å². The third-order valence-electron chi connectivity index (χ3n) is 4.16. The lowest BCUT2D eigenvalue weighted by Gasteiger charge is -2.16. The van der Waals surface area contributed by atoms with E-state index in [9.17, 15) is 9.59 Å². The monoisotopic (exact) mass is 372 g/mol. The number of hydrogen-bond acceptors (Lipinski definition) is 2. The van der Waals surface area contributed by atoms with Crippen molar-refractivity contribution in [1.29, 1.82) is 0 Å². The highest BCUT2D eigenvalue weighted by Crippen LogP contribution is 2.27. The quantitative estimate of drug-likeness (QED) is 0.705. The van der Waals surface area contributed by atoms with Gasteiger partial charge in [-0.25, -0.2) is 0 Å². The normalized spacial score (nSPS) is 10.7. The maximum absolute atomic E-state index is 12.2. The predicted molar refractivity (Wildman–Crippen MR) is 107 cm³/mol. The lowest BCUT2D eigenvalue weighted by molar-refractivity contribution is -0.126. The molecule has 26 heavy (non-hydrogen) atoms. The van der Waals surface area contributed by atoms with Gasteiger partial charge in [-0.05, 0) is 48.1 Å². The molecule has 0 atom stereocenters. The molecule has 4 nitrogen and oxygen atoms in total. The Kier molecular flexibility index (Phi) is 7.22. The van der Waals surface area contributed by atoms with Crippen molar-refractivity contribution in [2.24, 2.45) is 0 Å². The SMILES string of the molecule is Cc1cccc(C(C)C)c1NC(=O)CC(=O)NCCc1ccc(Cl)cc1. The topological polar surface area (TPSA) is 58.2 Å². The van der Waals surface area contributed by atoms with Gasteiger partial charge in [-0.2, -0.15) is 0 Å². The van der Waals surface area contributed by atoms with Gasteiger partial charge in [0.05, 0.1) is 0 Å². The van der Waals surface area contributed by atoms with E-state index in [2.05, 4.69) is 24.5 Å². The molecule has 2 amide bonds. The number of amides is 2. The molecule has 0 aliphatic heterocycles. The van der Waals surface area contributed by atoms with E-state index < -0.39 is 0 Å². The van der Waals surface area contributed by atoms with Gasteiger partial charge in [0.2, 0.25) is 11.8 Å². The first-order valence-electron chi connectivity index (χ1n) is 8.77. The highest BCUT2D eigenvalue weighted by atomic mass is 35.5. The van der Waals surface area contributed by atoms with Crippen molar-refractivity contribution in [2.75, 3.05) is 11.9 Å². The molecule has 0 unspecified atom stereocenters. The van der Waals surface area contributed by atoms with Crippen molar-refractivity contribution < 1.29 is 9.59 Å². The fourth-order valence-corrected chi connectivity index (χ4v) is 2.86. The summed E-state index contributed by atoms with van der Waals surface area (Å²) in [5.41, 5.74) is 3.95. The van der Waals surface area contributed by atoms with Crippen LogP contribution in [0.5, 0.6) is 0 Å². The van der Waals surface area contributed by atoms with E-state index in [1.165, 1.54) is 0 Å². The van der Waals surface area contributed by atoms with E-state index in [0.29, 0.717) is 23.9 Å². The first-order chi connectivity index (χ1) is 12.4. The first-order valence-corrected chi connectivity index (χ1v) is 9.15. The lowest BCUT2D eigenvalue weighted by atomic mass is 9.98. The largest absolute Gasteiger partial charge is 0.355 e. The molecule has 0 spiro atoms. The summed E-state index contributed by atoms with van der Waals surface area (Å²) in [7, 11) is 0. The highest BCUT2D eigenvalue weighted by molar-refractivity contribution is 6.30. The molecular formula is C21H25ClN2O2. The summed E-state index contributed by atoms with van der Waals surface area (Å²) in [5.74, 6) is -0.292. The average Bonchev–Trinajstić information content (AvgIpc) is 2.58. The zero-order valence-electron chi connectivity index (χ0n) is 15.4. The second kappa shape index (κ2) is 9.39. The number of carbonyl (C=O) groups excluding carboxylic acids is 2. The summed E-state index contributed by atoms with van der Waals surface area (Å²) in [4.78, 5) is 24.2. The molecule has 2 rings (SSSR count). The molecule has 0 saturated carbocycles. The van der Waals surface area contributed by atoms with Gasteiger partial charge in [0.25, 0.3) is 0 Å². The van der Waals surface area contributed by atoms with E-state index in [1.54, 1.807) is 0 Å². The third kappa shape index (κ3) is 5.88.